The van der Waals surface area contributed by atoms with E-state index in [0.717, 1.165) is 17.4 Å². The molecular formula is C13H11ClN2. The summed E-state index contributed by atoms with van der Waals surface area (Å²) in [7, 11) is 0. The van der Waals surface area contributed by atoms with Crippen molar-refractivity contribution in [2.45, 2.75) is 18.3 Å². The Morgan fingerprint density at radius 1 is 1.44 bits per heavy atom. The van der Waals surface area contributed by atoms with Crippen LogP contribution in [0.15, 0.2) is 30.7 Å². The molecule has 2 nitrogen and oxygen atoms in total. The van der Waals surface area contributed by atoms with Gasteiger partial charge < -0.3 is 4.98 Å². The number of H-pyrrole nitrogens is 1. The average Bonchev–Trinajstić information content (AvgIpc) is 2.71. The molecule has 0 amide bonds. The third-order valence-electron chi connectivity index (χ3n) is 4.13. The maximum atomic E-state index is 6.25. The van der Waals surface area contributed by atoms with Crippen LogP contribution in [-0.2, 0) is 11.8 Å². The number of halogens is 1. The van der Waals surface area contributed by atoms with Crippen molar-refractivity contribution in [3.63, 3.8) is 0 Å². The Balaban J connectivity index is 1.96. The van der Waals surface area contributed by atoms with Crippen LogP contribution in [0.25, 0.3) is 0 Å². The predicted octanol–water partition coefficient (Wildman–Crippen LogP) is 2.93. The van der Waals surface area contributed by atoms with Gasteiger partial charge in [-0.25, -0.2) is 4.98 Å². The van der Waals surface area contributed by atoms with Gasteiger partial charge in [-0.1, -0.05) is 23.7 Å². The fourth-order valence-corrected chi connectivity index (χ4v) is 3.56. The molecule has 2 aliphatic carbocycles. The van der Waals surface area contributed by atoms with Crippen molar-refractivity contribution in [1.29, 1.82) is 0 Å². The van der Waals surface area contributed by atoms with Crippen LogP contribution in [-0.4, -0.2) is 9.97 Å². The molecule has 4 rings (SSSR count). The fraction of sp³-hybridized carbons (Fsp3) is 0.308. The Morgan fingerprint density at radius 2 is 2.38 bits per heavy atom. The third kappa shape index (κ3) is 0.874. The number of hydrogen-bond acceptors (Lipinski definition) is 1. The monoisotopic (exact) mass is 230 g/mol. The minimum atomic E-state index is 0.205. The molecule has 1 aromatic carbocycles. The number of rotatable bonds is 1. The van der Waals surface area contributed by atoms with E-state index in [1.807, 2.05) is 12.3 Å². The number of hydrogen-bond donors (Lipinski definition) is 1. The van der Waals surface area contributed by atoms with Crippen molar-refractivity contribution in [3.05, 3.63) is 52.6 Å². The maximum absolute atomic E-state index is 6.25. The molecule has 1 fully saturated rings. The molecular weight excluding hydrogens is 220 g/mol. The van der Waals surface area contributed by atoms with Crippen LogP contribution < -0.4 is 0 Å². The van der Waals surface area contributed by atoms with Crippen molar-refractivity contribution in [3.8, 4) is 0 Å². The number of aromatic amines is 1. The van der Waals surface area contributed by atoms with Gasteiger partial charge in [-0.05, 0) is 36.0 Å². The predicted molar refractivity (Wildman–Crippen MR) is 62.6 cm³/mol. The van der Waals surface area contributed by atoms with Gasteiger partial charge in [-0.2, -0.15) is 0 Å². The number of nitrogens with one attached hydrogen (secondary N) is 1. The first kappa shape index (κ1) is 8.82. The standard InChI is InChI=1S/C13H11ClN2/c14-11-3-1-2-10-9(11)4-8-5-13(8,10)12-6-15-7-16-12/h1-3,6-8H,4-5H2,(H,15,16). The van der Waals surface area contributed by atoms with Crippen LogP contribution in [0.4, 0.5) is 0 Å². The summed E-state index contributed by atoms with van der Waals surface area (Å²) in [5, 5.41) is 0.920. The normalized spacial score (nSPS) is 29.9. The van der Waals surface area contributed by atoms with Gasteiger partial charge in [0, 0.05) is 22.3 Å². The van der Waals surface area contributed by atoms with Crippen LogP contribution in [0.1, 0.15) is 23.2 Å². The summed E-state index contributed by atoms with van der Waals surface area (Å²) in [6, 6.07) is 6.26. The Bertz CT molecular complexity index is 561. The smallest absolute Gasteiger partial charge is 0.0922 e. The summed E-state index contributed by atoms with van der Waals surface area (Å²) in [5.41, 5.74) is 4.21. The summed E-state index contributed by atoms with van der Waals surface area (Å²) < 4.78 is 0. The van der Waals surface area contributed by atoms with E-state index in [1.165, 1.54) is 23.2 Å². The molecule has 0 saturated heterocycles. The largest absolute Gasteiger partial charge is 0.348 e. The molecule has 2 atom stereocenters. The van der Waals surface area contributed by atoms with E-state index in [4.69, 9.17) is 11.6 Å². The zero-order valence-corrected chi connectivity index (χ0v) is 9.46. The first-order chi connectivity index (χ1) is 7.82. The van der Waals surface area contributed by atoms with Crippen molar-refractivity contribution in [1.82, 2.24) is 9.97 Å². The van der Waals surface area contributed by atoms with E-state index in [0.29, 0.717) is 0 Å². The first-order valence-corrected chi connectivity index (χ1v) is 5.97. The molecule has 16 heavy (non-hydrogen) atoms. The van der Waals surface area contributed by atoms with Gasteiger partial charge in [-0.15, -0.1) is 0 Å². The number of aromatic nitrogens is 2. The highest BCUT2D eigenvalue weighted by atomic mass is 35.5. The Kier molecular flexibility index (Phi) is 1.48. The second-order valence-corrected chi connectivity index (χ2v) is 5.21. The van der Waals surface area contributed by atoms with E-state index in [2.05, 4.69) is 22.1 Å². The minimum Gasteiger partial charge on any atom is -0.348 e. The quantitative estimate of drug-likeness (QED) is 0.802. The molecule has 0 aliphatic heterocycles. The Morgan fingerprint density at radius 3 is 3.19 bits per heavy atom. The molecule has 1 N–H and O–H groups in total. The molecule has 0 spiro atoms. The van der Waals surface area contributed by atoms with Crippen LogP contribution in [0.2, 0.25) is 5.02 Å². The van der Waals surface area contributed by atoms with Gasteiger partial charge in [0.15, 0.2) is 0 Å². The third-order valence-corrected chi connectivity index (χ3v) is 4.49. The van der Waals surface area contributed by atoms with E-state index in [-0.39, 0.29) is 5.41 Å². The number of imidazole rings is 1. The summed E-state index contributed by atoms with van der Waals surface area (Å²) in [5.74, 6) is 0.725. The van der Waals surface area contributed by atoms with Crippen molar-refractivity contribution in [2.24, 2.45) is 5.92 Å². The SMILES string of the molecule is Clc1cccc2c1CC1CC21c1cnc[nH]1. The van der Waals surface area contributed by atoms with Crippen molar-refractivity contribution < 1.29 is 0 Å². The van der Waals surface area contributed by atoms with Gasteiger partial charge in [0.05, 0.1) is 6.33 Å². The molecule has 0 bridgehead atoms. The number of fused-ring (bicyclic) bond motifs is 3. The van der Waals surface area contributed by atoms with Gasteiger partial charge in [0.2, 0.25) is 0 Å². The number of nitrogens with zero attached hydrogens (tertiary/aromatic N) is 1. The van der Waals surface area contributed by atoms with Crippen LogP contribution >= 0.6 is 11.6 Å². The molecule has 0 radical (unpaired) electrons. The molecule has 1 saturated carbocycles. The van der Waals surface area contributed by atoms with Crippen LogP contribution in [0, 0.1) is 5.92 Å². The molecule has 1 heterocycles. The van der Waals surface area contributed by atoms with E-state index in [1.54, 1.807) is 6.33 Å². The maximum Gasteiger partial charge on any atom is 0.0922 e. The second kappa shape index (κ2) is 2.69. The van der Waals surface area contributed by atoms with Crippen molar-refractivity contribution >= 4 is 11.6 Å². The summed E-state index contributed by atoms with van der Waals surface area (Å²) in [4.78, 5) is 7.41. The van der Waals surface area contributed by atoms with Crippen molar-refractivity contribution in [2.75, 3.05) is 0 Å². The summed E-state index contributed by atoms with van der Waals surface area (Å²) in [6.45, 7) is 0. The van der Waals surface area contributed by atoms with Gasteiger partial charge in [0.25, 0.3) is 0 Å². The van der Waals surface area contributed by atoms with E-state index < -0.39 is 0 Å². The van der Waals surface area contributed by atoms with Crippen LogP contribution in [0.3, 0.4) is 0 Å². The Labute approximate surface area is 98.7 Å². The van der Waals surface area contributed by atoms with E-state index >= 15 is 0 Å². The topological polar surface area (TPSA) is 28.7 Å². The fourth-order valence-electron chi connectivity index (χ4n) is 3.31. The highest BCUT2D eigenvalue weighted by Gasteiger charge is 2.62. The molecule has 3 heteroatoms. The first-order valence-electron chi connectivity index (χ1n) is 5.59. The number of benzene rings is 1. The lowest BCUT2D eigenvalue weighted by molar-refractivity contribution is 0.742. The van der Waals surface area contributed by atoms with Crippen LogP contribution in [0.5, 0.6) is 0 Å². The zero-order chi connectivity index (χ0) is 10.8. The summed E-state index contributed by atoms with van der Waals surface area (Å²) >= 11 is 6.25. The lowest BCUT2D eigenvalue weighted by Crippen LogP contribution is -2.09. The molecule has 80 valence electrons. The lowest BCUT2D eigenvalue weighted by Gasteiger charge is -2.13. The second-order valence-electron chi connectivity index (χ2n) is 4.81. The molecule has 2 unspecified atom stereocenters. The molecule has 2 aromatic rings. The van der Waals surface area contributed by atoms with Gasteiger partial charge in [-0.3, -0.25) is 0 Å². The molecule has 1 aromatic heterocycles. The van der Waals surface area contributed by atoms with Gasteiger partial charge in [0.1, 0.15) is 0 Å². The van der Waals surface area contributed by atoms with E-state index in [9.17, 15) is 0 Å². The van der Waals surface area contributed by atoms with Gasteiger partial charge >= 0.3 is 0 Å². The summed E-state index contributed by atoms with van der Waals surface area (Å²) in [6.07, 6.45) is 6.08. The lowest BCUT2D eigenvalue weighted by atomic mass is 9.93. The zero-order valence-electron chi connectivity index (χ0n) is 8.70. The average molecular weight is 231 g/mol. The highest BCUT2D eigenvalue weighted by Crippen LogP contribution is 2.65. The minimum absolute atomic E-state index is 0.205. The highest BCUT2D eigenvalue weighted by molar-refractivity contribution is 6.31. The Hall–Kier alpha value is -1.28. The molecule has 2 aliphatic rings.